The van der Waals surface area contributed by atoms with Gasteiger partial charge in [-0.3, -0.25) is 4.68 Å². The van der Waals surface area contributed by atoms with Gasteiger partial charge in [0.05, 0.1) is 11.4 Å². The molecule has 0 saturated heterocycles. The van der Waals surface area contributed by atoms with E-state index in [1.807, 2.05) is 27.1 Å². The average molecular weight is 313 g/mol. The van der Waals surface area contributed by atoms with Gasteiger partial charge in [-0.05, 0) is 27.9 Å². The van der Waals surface area contributed by atoms with Gasteiger partial charge in [0.1, 0.15) is 0 Å². The Morgan fingerprint density at radius 2 is 2.17 bits per heavy atom. The SMILES string of the molecule is CC(C)c1nn(C)cc1Nc1ncc(Br)cc1F. The molecule has 18 heavy (non-hydrogen) atoms. The molecule has 0 aliphatic heterocycles. The lowest BCUT2D eigenvalue weighted by Crippen LogP contribution is -2.00. The van der Waals surface area contributed by atoms with Gasteiger partial charge in [-0.15, -0.1) is 0 Å². The quantitative estimate of drug-likeness (QED) is 0.942. The van der Waals surface area contributed by atoms with Gasteiger partial charge in [0.25, 0.3) is 0 Å². The largest absolute Gasteiger partial charge is 0.335 e. The minimum absolute atomic E-state index is 0.202. The van der Waals surface area contributed by atoms with Crippen LogP contribution in [0.3, 0.4) is 0 Å². The van der Waals surface area contributed by atoms with Gasteiger partial charge in [-0.2, -0.15) is 5.10 Å². The third kappa shape index (κ3) is 2.69. The van der Waals surface area contributed by atoms with Crippen LogP contribution in [0.2, 0.25) is 0 Å². The summed E-state index contributed by atoms with van der Waals surface area (Å²) in [6.07, 6.45) is 3.37. The second-order valence-corrected chi connectivity index (χ2v) is 5.28. The van der Waals surface area contributed by atoms with E-state index in [0.29, 0.717) is 4.47 Å². The van der Waals surface area contributed by atoms with Crippen LogP contribution in [0.4, 0.5) is 15.9 Å². The van der Waals surface area contributed by atoms with Gasteiger partial charge in [0, 0.05) is 23.9 Å². The minimum Gasteiger partial charge on any atom is -0.335 e. The normalized spacial score (nSPS) is 11.0. The van der Waals surface area contributed by atoms with Gasteiger partial charge in [0.2, 0.25) is 0 Å². The number of hydrogen-bond donors (Lipinski definition) is 1. The molecule has 0 fully saturated rings. The second kappa shape index (κ2) is 5.06. The van der Waals surface area contributed by atoms with E-state index < -0.39 is 5.82 Å². The van der Waals surface area contributed by atoms with E-state index in [4.69, 9.17) is 0 Å². The molecular weight excluding hydrogens is 299 g/mol. The van der Waals surface area contributed by atoms with Crippen molar-refractivity contribution in [3.63, 3.8) is 0 Å². The summed E-state index contributed by atoms with van der Waals surface area (Å²) < 4.78 is 16.0. The third-order valence-corrected chi connectivity index (χ3v) is 2.90. The molecule has 4 nitrogen and oxygen atoms in total. The number of rotatable bonds is 3. The Morgan fingerprint density at radius 3 is 2.78 bits per heavy atom. The highest BCUT2D eigenvalue weighted by molar-refractivity contribution is 9.10. The number of aromatic nitrogens is 3. The summed E-state index contributed by atoms with van der Waals surface area (Å²) in [5.41, 5.74) is 1.67. The van der Waals surface area contributed by atoms with Crippen molar-refractivity contribution in [1.29, 1.82) is 0 Å². The summed E-state index contributed by atoms with van der Waals surface area (Å²) in [5, 5.41) is 7.33. The number of aryl methyl sites for hydroxylation is 1. The molecule has 0 atom stereocenters. The first-order valence-electron chi connectivity index (χ1n) is 5.59. The van der Waals surface area contributed by atoms with Crippen LogP contribution in [-0.4, -0.2) is 14.8 Å². The van der Waals surface area contributed by atoms with Crippen molar-refractivity contribution in [1.82, 2.24) is 14.8 Å². The molecule has 0 amide bonds. The molecule has 0 spiro atoms. The zero-order valence-electron chi connectivity index (χ0n) is 10.4. The molecule has 2 aromatic heterocycles. The van der Waals surface area contributed by atoms with Crippen molar-refractivity contribution in [3.05, 3.63) is 34.4 Å². The van der Waals surface area contributed by atoms with E-state index in [2.05, 4.69) is 31.3 Å². The number of halogens is 2. The van der Waals surface area contributed by atoms with Crippen LogP contribution < -0.4 is 5.32 Å². The summed E-state index contributed by atoms with van der Waals surface area (Å²) in [4.78, 5) is 4.01. The molecular formula is C12H14BrFN4. The summed E-state index contributed by atoms with van der Waals surface area (Å²) >= 11 is 3.18. The summed E-state index contributed by atoms with van der Waals surface area (Å²) in [6.45, 7) is 4.08. The molecule has 1 N–H and O–H groups in total. The van der Waals surface area contributed by atoms with Gasteiger partial charge >= 0.3 is 0 Å². The maximum Gasteiger partial charge on any atom is 0.166 e. The second-order valence-electron chi connectivity index (χ2n) is 4.37. The predicted octanol–water partition coefficient (Wildman–Crippen LogP) is 3.58. The topological polar surface area (TPSA) is 42.7 Å². The van der Waals surface area contributed by atoms with Gasteiger partial charge in [0.15, 0.2) is 11.6 Å². The van der Waals surface area contributed by atoms with Crippen molar-refractivity contribution in [2.45, 2.75) is 19.8 Å². The monoisotopic (exact) mass is 312 g/mol. The zero-order valence-corrected chi connectivity index (χ0v) is 12.0. The van der Waals surface area contributed by atoms with Crippen LogP contribution in [0.5, 0.6) is 0 Å². The van der Waals surface area contributed by atoms with Gasteiger partial charge in [-0.25, -0.2) is 9.37 Å². The number of pyridine rings is 1. The highest BCUT2D eigenvalue weighted by atomic mass is 79.9. The van der Waals surface area contributed by atoms with E-state index in [9.17, 15) is 4.39 Å². The minimum atomic E-state index is -0.400. The van der Waals surface area contributed by atoms with E-state index >= 15 is 0 Å². The molecule has 2 aromatic rings. The van der Waals surface area contributed by atoms with Crippen molar-refractivity contribution in [3.8, 4) is 0 Å². The highest BCUT2D eigenvalue weighted by Gasteiger charge is 2.13. The number of hydrogen-bond acceptors (Lipinski definition) is 3. The van der Waals surface area contributed by atoms with Crippen molar-refractivity contribution >= 4 is 27.4 Å². The van der Waals surface area contributed by atoms with Crippen molar-refractivity contribution in [2.24, 2.45) is 7.05 Å². The van der Waals surface area contributed by atoms with Gasteiger partial charge in [-0.1, -0.05) is 13.8 Å². The Kier molecular flexibility index (Phi) is 3.65. The maximum atomic E-state index is 13.7. The lowest BCUT2D eigenvalue weighted by Gasteiger charge is -2.08. The van der Waals surface area contributed by atoms with Crippen molar-refractivity contribution < 1.29 is 4.39 Å². The molecule has 0 aromatic carbocycles. The number of nitrogens with zero attached hydrogens (tertiary/aromatic N) is 3. The molecule has 2 rings (SSSR count). The molecule has 96 valence electrons. The molecule has 6 heteroatoms. The Bertz CT molecular complexity index is 565. The average Bonchev–Trinajstić information content (AvgIpc) is 2.64. The van der Waals surface area contributed by atoms with E-state index in [1.54, 1.807) is 10.9 Å². The maximum absolute atomic E-state index is 13.7. The first-order valence-corrected chi connectivity index (χ1v) is 6.38. The lowest BCUT2D eigenvalue weighted by molar-refractivity contribution is 0.625. The third-order valence-electron chi connectivity index (χ3n) is 2.47. The van der Waals surface area contributed by atoms with E-state index in [-0.39, 0.29) is 11.7 Å². The Morgan fingerprint density at radius 1 is 1.44 bits per heavy atom. The van der Waals surface area contributed by atoms with Crippen LogP contribution in [0.1, 0.15) is 25.5 Å². The first-order chi connectivity index (χ1) is 8.47. The van der Waals surface area contributed by atoms with Crippen LogP contribution in [0, 0.1) is 5.82 Å². The summed E-state index contributed by atoms with van der Waals surface area (Å²) in [6, 6.07) is 1.38. The summed E-state index contributed by atoms with van der Waals surface area (Å²) in [5.74, 6) is 0.0586. The molecule has 0 saturated carbocycles. The van der Waals surface area contributed by atoms with Crippen LogP contribution >= 0.6 is 15.9 Å². The number of nitrogens with one attached hydrogen (secondary N) is 1. The van der Waals surface area contributed by atoms with Crippen LogP contribution in [-0.2, 0) is 7.05 Å². The fourth-order valence-electron chi connectivity index (χ4n) is 1.66. The number of anilines is 2. The van der Waals surface area contributed by atoms with Crippen LogP contribution in [0.15, 0.2) is 22.9 Å². The van der Waals surface area contributed by atoms with Gasteiger partial charge < -0.3 is 5.32 Å². The molecule has 2 heterocycles. The Labute approximate surface area is 113 Å². The standard InChI is InChI=1S/C12H14BrFN4/c1-7(2)11-10(6-18(3)17-11)16-12-9(14)4-8(13)5-15-12/h4-7H,1-3H3,(H,15,16). The Balaban J connectivity index is 2.33. The smallest absolute Gasteiger partial charge is 0.166 e. The molecule has 0 aliphatic carbocycles. The fraction of sp³-hybridized carbons (Fsp3) is 0.333. The predicted molar refractivity (Wildman–Crippen MR) is 72.5 cm³/mol. The lowest BCUT2D eigenvalue weighted by atomic mass is 10.1. The first kappa shape index (κ1) is 13.0. The molecule has 0 radical (unpaired) electrons. The van der Waals surface area contributed by atoms with Crippen LogP contribution in [0.25, 0.3) is 0 Å². The summed E-state index contributed by atoms with van der Waals surface area (Å²) in [7, 11) is 1.84. The Hall–Kier alpha value is -1.43. The zero-order chi connectivity index (χ0) is 13.3. The fourth-order valence-corrected chi connectivity index (χ4v) is 1.97. The van der Waals surface area contributed by atoms with Crippen molar-refractivity contribution in [2.75, 3.05) is 5.32 Å². The highest BCUT2D eigenvalue weighted by Crippen LogP contribution is 2.26. The molecule has 0 unspecified atom stereocenters. The van der Waals surface area contributed by atoms with E-state index in [1.165, 1.54) is 6.07 Å². The van der Waals surface area contributed by atoms with E-state index in [0.717, 1.165) is 11.4 Å². The molecule has 0 aliphatic rings. The molecule has 0 bridgehead atoms.